The molecule has 2 nitrogen and oxygen atoms in total. The average Bonchev–Trinajstić information content (AvgIpc) is 2.45. The summed E-state index contributed by atoms with van der Waals surface area (Å²) in [6.07, 6.45) is 0. The molecule has 0 spiro atoms. The van der Waals surface area contributed by atoms with Crippen molar-refractivity contribution in [2.45, 2.75) is 6.92 Å². The summed E-state index contributed by atoms with van der Waals surface area (Å²) >= 11 is 1.47. The van der Waals surface area contributed by atoms with Gasteiger partial charge in [-0.05, 0) is 18.6 Å². The van der Waals surface area contributed by atoms with Crippen molar-refractivity contribution in [3.8, 4) is 5.75 Å². The number of fused-ring (bicyclic) bond motifs is 1. The third kappa shape index (κ3) is 0.886. The van der Waals surface area contributed by atoms with Crippen LogP contribution in [0.2, 0.25) is 0 Å². The lowest BCUT2D eigenvalue weighted by molar-refractivity contribution is 0.482. The molecule has 11 heavy (non-hydrogen) atoms. The van der Waals surface area contributed by atoms with Gasteiger partial charge in [0.1, 0.15) is 5.75 Å². The zero-order chi connectivity index (χ0) is 7.84. The highest BCUT2D eigenvalue weighted by Crippen LogP contribution is 2.29. The fourth-order valence-corrected chi connectivity index (χ4v) is 1.84. The quantitative estimate of drug-likeness (QED) is 0.649. The molecule has 0 saturated heterocycles. The Morgan fingerprint density at radius 1 is 1.45 bits per heavy atom. The van der Waals surface area contributed by atoms with Crippen LogP contribution in [0.1, 0.15) is 5.56 Å². The van der Waals surface area contributed by atoms with E-state index in [4.69, 9.17) is 0 Å². The highest BCUT2D eigenvalue weighted by Gasteiger charge is 2.03. The molecule has 1 aromatic heterocycles. The maximum Gasteiger partial charge on any atom is 0.135 e. The lowest BCUT2D eigenvalue weighted by Gasteiger charge is -1.95. The van der Waals surface area contributed by atoms with Crippen LogP contribution in [0.5, 0.6) is 5.75 Å². The molecule has 0 aliphatic heterocycles. The predicted molar refractivity (Wildman–Crippen MR) is 46.0 cm³/mol. The third-order valence-corrected chi connectivity index (χ3v) is 2.51. The smallest absolute Gasteiger partial charge is 0.135 e. The number of phenols is 1. The Kier molecular flexibility index (Phi) is 1.32. The summed E-state index contributed by atoms with van der Waals surface area (Å²) in [4.78, 5) is 4.14. The highest BCUT2D eigenvalue weighted by atomic mass is 32.1. The largest absolute Gasteiger partial charge is 0.506 e. The van der Waals surface area contributed by atoms with Gasteiger partial charge >= 0.3 is 0 Å². The zero-order valence-electron chi connectivity index (χ0n) is 6.03. The van der Waals surface area contributed by atoms with Crippen LogP contribution in [0, 0.1) is 6.92 Å². The second kappa shape index (κ2) is 2.20. The van der Waals surface area contributed by atoms with Gasteiger partial charge in [-0.15, -0.1) is 11.3 Å². The molecule has 0 fully saturated rings. The minimum atomic E-state index is 0.327. The minimum absolute atomic E-state index is 0.327. The van der Waals surface area contributed by atoms with Crippen LogP contribution in [0.3, 0.4) is 0 Å². The number of benzene rings is 1. The van der Waals surface area contributed by atoms with E-state index >= 15 is 0 Å². The van der Waals surface area contributed by atoms with Crippen molar-refractivity contribution in [3.63, 3.8) is 0 Å². The van der Waals surface area contributed by atoms with E-state index < -0.39 is 0 Å². The van der Waals surface area contributed by atoms with Gasteiger partial charge in [0.05, 0.1) is 15.7 Å². The van der Waals surface area contributed by atoms with E-state index in [1.165, 1.54) is 11.3 Å². The van der Waals surface area contributed by atoms with Gasteiger partial charge in [0.2, 0.25) is 0 Å². The fraction of sp³-hybridized carbons (Fsp3) is 0.125. The van der Waals surface area contributed by atoms with Crippen molar-refractivity contribution in [1.29, 1.82) is 0 Å². The molecule has 1 heterocycles. The number of rotatable bonds is 0. The summed E-state index contributed by atoms with van der Waals surface area (Å²) in [6.45, 7) is 1.99. The zero-order valence-corrected chi connectivity index (χ0v) is 6.85. The normalized spacial score (nSPS) is 10.6. The minimum Gasteiger partial charge on any atom is -0.506 e. The standard InChI is InChI=1S/C8H7NOS/c1-5-2-3-6(10)8-7(5)9-4-11-8/h2-4,10H,1H3. The van der Waals surface area contributed by atoms with Gasteiger partial charge in [0.15, 0.2) is 0 Å². The molecular weight excluding hydrogens is 158 g/mol. The molecule has 2 rings (SSSR count). The topological polar surface area (TPSA) is 33.1 Å². The van der Waals surface area contributed by atoms with E-state index in [2.05, 4.69) is 4.98 Å². The average molecular weight is 165 g/mol. The number of aryl methyl sites for hydroxylation is 1. The number of aromatic nitrogens is 1. The van der Waals surface area contributed by atoms with E-state index in [1.807, 2.05) is 13.0 Å². The molecule has 2 aromatic rings. The second-order valence-corrected chi connectivity index (χ2v) is 3.29. The number of hydrogen-bond donors (Lipinski definition) is 1. The van der Waals surface area contributed by atoms with Crippen LogP contribution in [0.4, 0.5) is 0 Å². The van der Waals surface area contributed by atoms with E-state index in [9.17, 15) is 5.11 Å². The Labute approximate surface area is 68.1 Å². The van der Waals surface area contributed by atoms with Gasteiger partial charge in [-0.25, -0.2) is 4.98 Å². The molecule has 0 bridgehead atoms. The molecule has 0 saturated carbocycles. The van der Waals surface area contributed by atoms with Crippen molar-refractivity contribution >= 4 is 21.6 Å². The van der Waals surface area contributed by atoms with Crippen molar-refractivity contribution < 1.29 is 5.11 Å². The Bertz CT molecular complexity index is 358. The second-order valence-electron chi connectivity index (χ2n) is 2.43. The van der Waals surface area contributed by atoms with Crippen LogP contribution in [0.15, 0.2) is 17.6 Å². The fourth-order valence-electron chi connectivity index (χ4n) is 1.07. The summed E-state index contributed by atoms with van der Waals surface area (Å²) in [6, 6.07) is 3.58. The van der Waals surface area contributed by atoms with Crippen molar-refractivity contribution in [2.24, 2.45) is 0 Å². The first-order valence-corrected chi connectivity index (χ1v) is 4.19. The van der Waals surface area contributed by atoms with Crippen LogP contribution >= 0.6 is 11.3 Å². The van der Waals surface area contributed by atoms with Crippen molar-refractivity contribution in [2.75, 3.05) is 0 Å². The van der Waals surface area contributed by atoms with Crippen molar-refractivity contribution in [3.05, 3.63) is 23.2 Å². The molecule has 3 heteroatoms. The monoisotopic (exact) mass is 165 g/mol. The first-order chi connectivity index (χ1) is 5.29. The molecule has 0 atom stereocenters. The van der Waals surface area contributed by atoms with Gasteiger partial charge in [0, 0.05) is 0 Å². The Morgan fingerprint density at radius 2 is 2.27 bits per heavy atom. The number of phenolic OH excluding ortho intramolecular Hbond substituents is 1. The van der Waals surface area contributed by atoms with Gasteiger partial charge in [-0.3, -0.25) is 0 Å². The highest BCUT2D eigenvalue weighted by molar-refractivity contribution is 7.17. The Morgan fingerprint density at radius 3 is 3.00 bits per heavy atom. The molecule has 1 N–H and O–H groups in total. The van der Waals surface area contributed by atoms with Gasteiger partial charge in [0.25, 0.3) is 0 Å². The maximum atomic E-state index is 9.35. The molecule has 0 amide bonds. The van der Waals surface area contributed by atoms with Crippen LogP contribution in [-0.4, -0.2) is 10.1 Å². The summed E-state index contributed by atoms with van der Waals surface area (Å²) in [5.41, 5.74) is 3.77. The Hall–Kier alpha value is -1.09. The lowest BCUT2D eigenvalue weighted by Crippen LogP contribution is -1.74. The Balaban J connectivity index is 2.96. The molecule has 1 aromatic carbocycles. The summed E-state index contributed by atoms with van der Waals surface area (Å²) in [7, 11) is 0. The number of thiazole rings is 1. The van der Waals surface area contributed by atoms with E-state index in [0.29, 0.717) is 5.75 Å². The number of aromatic hydroxyl groups is 1. The SMILES string of the molecule is Cc1ccc(O)c2scnc12. The van der Waals surface area contributed by atoms with Crippen molar-refractivity contribution in [1.82, 2.24) is 4.98 Å². The van der Waals surface area contributed by atoms with Crippen LogP contribution < -0.4 is 0 Å². The molecular formula is C8H7NOS. The summed E-state index contributed by atoms with van der Waals surface area (Å²) in [5, 5.41) is 9.35. The number of nitrogens with zero attached hydrogens (tertiary/aromatic N) is 1. The first kappa shape index (κ1) is 6.61. The summed E-state index contributed by atoms with van der Waals surface area (Å²) < 4.78 is 0.880. The lowest BCUT2D eigenvalue weighted by atomic mass is 10.2. The predicted octanol–water partition coefficient (Wildman–Crippen LogP) is 2.31. The molecule has 56 valence electrons. The van der Waals surface area contributed by atoms with Crippen LogP contribution in [-0.2, 0) is 0 Å². The molecule has 0 aliphatic carbocycles. The maximum absolute atomic E-state index is 9.35. The van der Waals surface area contributed by atoms with Gasteiger partial charge in [-0.2, -0.15) is 0 Å². The third-order valence-electron chi connectivity index (χ3n) is 1.66. The van der Waals surface area contributed by atoms with E-state index in [-0.39, 0.29) is 0 Å². The van der Waals surface area contributed by atoms with Gasteiger partial charge in [-0.1, -0.05) is 6.07 Å². The molecule has 0 aliphatic rings. The van der Waals surface area contributed by atoms with E-state index in [1.54, 1.807) is 11.6 Å². The van der Waals surface area contributed by atoms with Crippen LogP contribution in [0.25, 0.3) is 10.2 Å². The van der Waals surface area contributed by atoms with E-state index in [0.717, 1.165) is 15.8 Å². The molecule has 0 radical (unpaired) electrons. The first-order valence-electron chi connectivity index (χ1n) is 3.31. The molecule has 0 unspecified atom stereocenters. The number of hydrogen-bond acceptors (Lipinski definition) is 3. The van der Waals surface area contributed by atoms with Gasteiger partial charge < -0.3 is 5.11 Å². The summed E-state index contributed by atoms with van der Waals surface area (Å²) in [5.74, 6) is 0.327.